The van der Waals surface area contributed by atoms with Crippen LogP contribution < -0.4 is 124 Å². The zero-order valence-corrected chi connectivity index (χ0v) is 48.2. The van der Waals surface area contributed by atoms with E-state index in [0.717, 1.165) is 42.5 Å². The topological polar surface area (TPSA) is 335 Å². The van der Waals surface area contributed by atoms with Gasteiger partial charge < -0.3 is 28.6 Å². The molecule has 0 saturated carbocycles. The predicted molar refractivity (Wildman–Crippen MR) is 234 cm³/mol. The molecule has 0 heterocycles. The minimum absolute atomic E-state index is 0. The van der Waals surface area contributed by atoms with Gasteiger partial charge >= 0.3 is 118 Å². The minimum Gasteiger partial charge on any atom is -0.744 e. The molecule has 0 spiro atoms. The van der Waals surface area contributed by atoms with Crippen LogP contribution >= 0.6 is 0 Å². The Morgan fingerprint density at radius 2 is 0.843 bits per heavy atom. The van der Waals surface area contributed by atoms with Crippen LogP contribution in [0.25, 0.3) is 32.3 Å². The van der Waals surface area contributed by atoms with Crippen LogP contribution in [0, 0.1) is 0 Å². The van der Waals surface area contributed by atoms with E-state index in [1.807, 2.05) is 6.07 Å². The van der Waals surface area contributed by atoms with Crippen molar-refractivity contribution in [2.75, 3.05) is 5.32 Å². The average molecular weight is 1060 g/mol. The monoisotopic (exact) mass is 1050 g/mol. The van der Waals surface area contributed by atoms with Crippen LogP contribution in [0.4, 0.5) is 45.5 Å². The second kappa shape index (κ2) is 23.6. The first-order valence-electron chi connectivity index (χ1n) is 18.6. The third kappa shape index (κ3) is 13.6. The molecule has 0 aliphatic carbocycles. The van der Waals surface area contributed by atoms with Gasteiger partial charge in [-0.3, -0.25) is 0 Å². The van der Waals surface area contributed by atoms with E-state index >= 15 is 0 Å². The Labute approximate surface area is 488 Å². The SMILES string of the molecule is O=S(=O)([O-])c1cccc(N=Nc2ccc(N=Nc3ccc(N=Nc4c(S(=O)(=O)[O-])cc5cc(Nc6ccccc6)ccc5c4O)c4ccc(S(=O)(=O)[O-])cc34)c3cc(S(=O)(=O)[O-])ccc23)c1.[Na+].[Na+].[Na+].[Na+]. The largest absolute Gasteiger partial charge is 1.00 e. The molecule has 70 heavy (non-hydrogen) atoms. The van der Waals surface area contributed by atoms with Crippen LogP contribution in [0.3, 0.4) is 0 Å². The van der Waals surface area contributed by atoms with Gasteiger partial charge in [-0.25, -0.2) is 33.7 Å². The summed E-state index contributed by atoms with van der Waals surface area (Å²) in [5.41, 5.74) is 0.345. The Morgan fingerprint density at radius 1 is 0.386 bits per heavy atom. The molecule has 0 atom stereocenters. The maximum atomic E-state index is 12.5. The Hall–Kier alpha value is -3.42. The Morgan fingerprint density at radius 3 is 1.34 bits per heavy atom. The van der Waals surface area contributed by atoms with Crippen molar-refractivity contribution < 1.29 is 175 Å². The summed E-state index contributed by atoms with van der Waals surface area (Å²) >= 11 is 0. The molecule has 0 saturated heterocycles. The number of nitrogens with one attached hydrogen (secondary N) is 1. The van der Waals surface area contributed by atoms with Crippen molar-refractivity contribution in [3.8, 4) is 5.75 Å². The van der Waals surface area contributed by atoms with Crippen molar-refractivity contribution in [3.05, 3.63) is 140 Å². The Kier molecular flexibility index (Phi) is 20.0. The van der Waals surface area contributed by atoms with Gasteiger partial charge in [0, 0.05) is 38.3 Å². The molecule has 8 rings (SSSR count). The smallest absolute Gasteiger partial charge is 0.744 e. The van der Waals surface area contributed by atoms with Crippen molar-refractivity contribution >= 4 is 118 Å². The van der Waals surface area contributed by atoms with E-state index < -0.39 is 71.5 Å². The minimum atomic E-state index is -5.29. The van der Waals surface area contributed by atoms with E-state index in [1.165, 1.54) is 60.7 Å². The van der Waals surface area contributed by atoms with Crippen molar-refractivity contribution in [2.45, 2.75) is 19.6 Å². The number of phenols is 1. The molecule has 0 radical (unpaired) electrons. The number of phenolic OH excluding ortho intramolecular Hbond substituents is 1. The van der Waals surface area contributed by atoms with Gasteiger partial charge in [0.1, 0.15) is 46.2 Å². The second-order valence-corrected chi connectivity index (χ2v) is 19.5. The molecule has 28 heteroatoms. The number of hydrogen-bond acceptors (Lipinski definition) is 20. The molecular weight excluding hydrogens is 1030 g/mol. The number of aromatic hydroxyl groups is 1. The summed E-state index contributed by atoms with van der Waals surface area (Å²) in [6.45, 7) is 0. The maximum absolute atomic E-state index is 12.5. The summed E-state index contributed by atoms with van der Waals surface area (Å²) in [6.07, 6.45) is 0. The fraction of sp³-hybridized carbons (Fsp3) is 0. The van der Waals surface area contributed by atoms with E-state index in [0.29, 0.717) is 11.4 Å². The molecule has 0 aliphatic heterocycles. The van der Waals surface area contributed by atoms with Crippen molar-refractivity contribution in [2.24, 2.45) is 30.7 Å². The number of anilines is 2. The summed E-state index contributed by atoms with van der Waals surface area (Å²) in [6, 6.07) is 30.9. The molecule has 0 fully saturated rings. The fourth-order valence-electron chi connectivity index (χ4n) is 6.68. The quantitative estimate of drug-likeness (QED) is 0.0725. The van der Waals surface area contributed by atoms with Gasteiger partial charge in [-0.2, -0.15) is 5.11 Å². The fourth-order valence-corrected chi connectivity index (χ4v) is 8.83. The Balaban J connectivity index is 0.00000266. The number of nitrogens with zero attached hydrogens (tertiary/aromatic N) is 6. The summed E-state index contributed by atoms with van der Waals surface area (Å²) in [5.74, 6) is -0.692. The van der Waals surface area contributed by atoms with Crippen LogP contribution in [0.2, 0.25) is 0 Å². The van der Waals surface area contributed by atoms with Crippen LogP contribution in [-0.4, -0.2) is 57.0 Å². The van der Waals surface area contributed by atoms with E-state index in [1.54, 1.807) is 30.3 Å². The van der Waals surface area contributed by atoms with Gasteiger partial charge in [-0.1, -0.05) is 36.4 Å². The molecule has 20 nitrogen and oxygen atoms in total. The van der Waals surface area contributed by atoms with E-state index in [9.17, 15) is 57.0 Å². The summed E-state index contributed by atoms with van der Waals surface area (Å²) in [7, 11) is -20.2. The van der Waals surface area contributed by atoms with Crippen molar-refractivity contribution in [3.63, 3.8) is 0 Å². The van der Waals surface area contributed by atoms with Crippen LogP contribution in [0.1, 0.15) is 0 Å². The molecule has 0 aromatic heterocycles. The molecule has 2 N–H and O–H groups in total. The van der Waals surface area contributed by atoms with Gasteiger partial charge in [0.05, 0.1) is 48.0 Å². The van der Waals surface area contributed by atoms with Gasteiger partial charge in [-0.05, 0) is 109 Å². The number of hydrogen-bond donors (Lipinski definition) is 2. The molecule has 334 valence electrons. The summed E-state index contributed by atoms with van der Waals surface area (Å²) < 4.78 is 145. The molecule has 0 aliphatic rings. The van der Waals surface area contributed by atoms with Crippen molar-refractivity contribution in [1.82, 2.24) is 0 Å². The maximum Gasteiger partial charge on any atom is 1.00 e. The van der Waals surface area contributed by atoms with Gasteiger partial charge in [0.25, 0.3) is 0 Å². The normalized spacial score (nSPS) is 12.2. The molecule has 8 aromatic carbocycles. The number of azo groups is 3. The number of benzene rings is 8. The third-order valence-corrected chi connectivity index (χ3v) is 13.1. The second-order valence-electron chi connectivity index (χ2n) is 14.0. The van der Waals surface area contributed by atoms with E-state index in [-0.39, 0.29) is 179 Å². The van der Waals surface area contributed by atoms with E-state index in [2.05, 4.69) is 36.0 Å². The molecule has 8 aromatic rings. The Bertz CT molecular complexity index is 3890. The van der Waals surface area contributed by atoms with Crippen molar-refractivity contribution in [1.29, 1.82) is 0 Å². The molecule has 0 bridgehead atoms. The number of para-hydroxylation sites is 1. The summed E-state index contributed by atoms with van der Waals surface area (Å²) in [5, 5.41) is 39.5. The third-order valence-electron chi connectivity index (χ3n) is 9.75. The molecule has 0 amide bonds. The molecular formula is C42H25N7Na4O13S4. The van der Waals surface area contributed by atoms with Crippen LogP contribution in [-0.2, 0) is 40.5 Å². The van der Waals surface area contributed by atoms with Crippen LogP contribution in [0.5, 0.6) is 5.75 Å². The standard InChI is InChI=1S/C42H29N7O13S4.4Na/c50-42-31-12-9-26(43-25-5-2-1-3-6-25)19-24(31)20-40(66(60,61)62)41(42)49-48-37-16-18-39(35-23-30(65(57,58)59)11-14-33(35)37)47-46-38-17-15-36(32-13-10-29(22-34(32)38)64(54,55)56)45-44-27-7-4-8-28(21-27)63(51,52)53;;;;/h1-23,43,50H,(H,51,52,53)(H,54,55,56)(H,57,58,59)(H,60,61,62);;;;/q;4*+1/p-4. The first-order valence-corrected chi connectivity index (χ1v) is 24.2. The zero-order valence-electron chi connectivity index (χ0n) is 36.9. The number of fused-ring (bicyclic) bond motifs is 3. The van der Waals surface area contributed by atoms with Crippen LogP contribution in [0.15, 0.2) is 190 Å². The predicted octanol–water partition coefficient (Wildman–Crippen LogP) is -2.53. The van der Waals surface area contributed by atoms with Gasteiger partial charge in [-0.15, -0.1) is 25.6 Å². The molecule has 0 unspecified atom stereocenters. The van der Waals surface area contributed by atoms with Gasteiger partial charge in [0.15, 0.2) is 5.75 Å². The van der Waals surface area contributed by atoms with E-state index in [4.69, 9.17) is 0 Å². The van der Waals surface area contributed by atoms with Gasteiger partial charge in [0.2, 0.25) is 0 Å². The zero-order chi connectivity index (χ0) is 47.2. The summed E-state index contributed by atoms with van der Waals surface area (Å²) in [4.78, 5) is -2.82. The first-order chi connectivity index (χ1) is 31.1. The average Bonchev–Trinajstić information content (AvgIpc) is 3.26. The number of rotatable bonds is 12. The first kappa shape index (κ1) is 59.1.